The van der Waals surface area contributed by atoms with Crippen LogP contribution in [-0.2, 0) is 6.42 Å². The third kappa shape index (κ3) is 4.58. The van der Waals surface area contributed by atoms with E-state index in [0.717, 1.165) is 25.8 Å². The van der Waals surface area contributed by atoms with E-state index < -0.39 is 0 Å². The predicted molar refractivity (Wildman–Crippen MR) is 119 cm³/mol. The molecule has 0 spiro atoms. The lowest BCUT2D eigenvalue weighted by Gasteiger charge is -2.33. The lowest BCUT2D eigenvalue weighted by molar-refractivity contribution is 0.0918. The molecular formula is C24H30N4O2. The molecule has 1 unspecified atom stereocenters. The van der Waals surface area contributed by atoms with Crippen LogP contribution in [0.15, 0.2) is 54.6 Å². The van der Waals surface area contributed by atoms with E-state index in [1.54, 1.807) is 0 Å². The molecule has 0 bridgehead atoms. The summed E-state index contributed by atoms with van der Waals surface area (Å²) in [6.45, 7) is 5.00. The summed E-state index contributed by atoms with van der Waals surface area (Å²) in [5.74, 6) is -0.0430. The smallest absolute Gasteiger partial charge is 0.317 e. The van der Waals surface area contributed by atoms with Crippen LogP contribution < -0.4 is 15.5 Å². The highest BCUT2D eigenvalue weighted by molar-refractivity contribution is 5.94. The largest absolute Gasteiger partial charge is 0.367 e. The molecule has 4 rings (SSSR count). The maximum atomic E-state index is 12.6. The molecule has 0 saturated carbocycles. The number of para-hydroxylation sites is 1. The van der Waals surface area contributed by atoms with Gasteiger partial charge in [-0.1, -0.05) is 36.4 Å². The quantitative estimate of drug-likeness (QED) is 0.802. The minimum absolute atomic E-state index is 0.0111. The zero-order chi connectivity index (χ0) is 20.9. The summed E-state index contributed by atoms with van der Waals surface area (Å²) in [5, 5.41) is 6.16. The van der Waals surface area contributed by atoms with Crippen LogP contribution >= 0.6 is 0 Å². The Labute approximate surface area is 178 Å². The number of nitrogens with zero attached hydrogens (tertiary/aromatic N) is 2. The van der Waals surface area contributed by atoms with Gasteiger partial charge in [-0.25, -0.2) is 4.79 Å². The Balaban J connectivity index is 1.19. The monoisotopic (exact) mass is 406 g/mol. The molecule has 0 aromatic heterocycles. The van der Waals surface area contributed by atoms with E-state index in [1.165, 1.54) is 11.3 Å². The number of urea groups is 1. The van der Waals surface area contributed by atoms with E-state index in [-0.39, 0.29) is 18.0 Å². The van der Waals surface area contributed by atoms with E-state index in [4.69, 9.17) is 0 Å². The van der Waals surface area contributed by atoms with Crippen LogP contribution in [0, 0.1) is 0 Å². The Morgan fingerprint density at radius 1 is 1.00 bits per heavy atom. The number of likely N-dealkylation sites (tertiary alicyclic amines) is 1. The second kappa shape index (κ2) is 9.20. The van der Waals surface area contributed by atoms with Crippen molar-refractivity contribution in [2.45, 2.75) is 38.3 Å². The van der Waals surface area contributed by atoms with Crippen molar-refractivity contribution in [3.63, 3.8) is 0 Å². The van der Waals surface area contributed by atoms with Crippen molar-refractivity contribution in [2.75, 3.05) is 31.1 Å². The second-order valence-corrected chi connectivity index (χ2v) is 8.21. The molecule has 1 saturated heterocycles. The number of benzene rings is 2. The van der Waals surface area contributed by atoms with Gasteiger partial charge in [0.1, 0.15) is 0 Å². The Kier molecular flexibility index (Phi) is 6.21. The first kappa shape index (κ1) is 20.3. The Bertz CT molecular complexity index is 878. The minimum Gasteiger partial charge on any atom is -0.367 e. The summed E-state index contributed by atoms with van der Waals surface area (Å²) in [6, 6.07) is 18.3. The zero-order valence-corrected chi connectivity index (χ0v) is 17.5. The molecule has 2 aliphatic rings. The summed E-state index contributed by atoms with van der Waals surface area (Å²) in [6.07, 6.45) is 2.62. The number of fused-ring (bicyclic) bond motifs is 1. The second-order valence-electron chi connectivity index (χ2n) is 8.21. The van der Waals surface area contributed by atoms with Crippen molar-refractivity contribution in [3.05, 3.63) is 65.7 Å². The average molecular weight is 407 g/mol. The van der Waals surface area contributed by atoms with Gasteiger partial charge < -0.3 is 20.4 Å². The van der Waals surface area contributed by atoms with Gasteiger partial charge in [-0.3, -0.25) is 4.79 Å². The number of nitrogens with one attached hydrogen (secondary N) is 2. The molecule has 2 N–H and O–H groups in total. The summed E-state index contributed by atoms with van der Waals surface area (Å²) in [7, 11) is 0. The van der Waals surface area contributed by atoms with Gasteiger partial charge in [-0.15, -0.1) is 0 Å². The molecule has 6 nitrogen and oxygen atoms in total. The number of anilines is 1. The fraction of sp³-hybridized carbons (Fsp3) is 0.417. The van der Waals surface area contributed by atoms with E-state index in [9.17, 15) is 9.59 Å². The van der Waals surface area contributed by atoms with Gasteiger partial charge in [0.15, 0.2) is 0 Å². The summed E-state index contributed by atoms with van der Waals surface area (Å²) in [5.41, 5.74) is 3.35. The van der Waals surface area contributed by atoms with Crippen molar-refractivity contribution in [1.82, 2.24) is 15.5 Å². The minimum atomic E-state index is -0.0430. The van der Waals surface area contributed by atoms with E-state index >= 15 is 0 Å². The van der Waals surface area contributed by atoms with Crippen molar-refractivity contribution >= 4 is 17.6 Å². The maximum Gasteiger partial charge on any atom is 0.317 e. The van der Waals surface area contributed by atoms with Gasteiger partial charge >= 0.3 is 6.03 Å². The number of rotatable bonds is 5. The number of carbonyl (C=O) groups is 2. The van der Waals surface area contributed by atoms with Gasteiger partial charge in [-0.2, -0.15) is 0 Å². The van der Waals surface area contributed by atoms with Gasteiger partial charge in [0.25, 0.3) is 5.91 Å². The number of hydrogen-bond donors (Lipinski definition) is 2. The van der Waals surface area contributed by atoms with E-state index in [1.807, 2.05) is 35.2 Å². The molecule has 2 aromatic carbocycles. The Morgan fingerprint density at radius 3 is 2.47 bits per heavy atom. The molecular weight excluding hydrogens is 376 g/mol. The SMILES string of the molecule is CC1Cc2ccccc2N1CCNC(=O)N1CCC(NC(=O)c2ccccc2)CC1. The number of piperidine rings is 1. The fourth-order valence-corrected chi connectivity index (χ4v) is 4.45. The molecule has 2 aliphatic heterocycles. The van der Waals surface area contributed by atoms with Crippen molar-refractivity contribution in [3.8, 4) is 0 Å². The van der Waals surface area contributed by atoms with Gasteiger partial charge in [0.2, 0.25) is 0 Å². The first-order valence-corrected chi connectivity index (χ1v) is 10.8. The van der Waals surface area contributed by atoms with Crippen LogP contribution in [0.2, 0.25) is 0 Å². The fourth-order valence-electron chi connectivity index (χ4n) is 4.45. The first-order chi connectivity index (χ1) is 14.6. The van der Waals surface area contributed by atoms with Gasteiger partial charge in [0, 0.05) is 49.5 Å². The van der Waals surface area contributed by atoms with Gasteiger partial charge in [-0.05, 0) is 49.9 Å². The molecule has 1 atom stereocenters. The predicted octanol–water partition coefficient (Wildman–Crippen LogP) is 3.04. The summed E-state index contributed by atoms with van der Waals surface area (Å²) in [4.78, 5) is 29.1. The molecule has 6 heteroatoms. The zero-order valence-electron chi connectivity index (χ0n) is 17.5. The Hall–Kier alpha value is -3.02. The molecule has 0 aliphatic carbocycles. The van der Waals surface area contributed by atoms with Crippen LogP contribution in [-0.4, -0.2) is 55.1 Å². The van der Waals surface area contributed by atoms with Gasteiger partial charge in [0.05, 0.1) is 0 Å². The molecule has 0 radical (unpaired) electrons. The highest BCUT2D eigenvalue weighted by Gasteiger charge is 2.26. The van der Waals surface area contributed by atoms with Crippen molar-refractivity contribution < 1.29 is 9.59 Å². The third-order valence-electron chi connectivity index (χ3n) is 6.13. The normalized spacial score (nSPS) is 18.8. The molecule has 158 valence electrons. The van der Waals surface area contributed by atoms with Crippen LogP contribution in [0.25, 0.3) is 0 Å². The number of amides is 3. The summed E-state index contributed by atoms with van der Waals surface area (Å²) < 4.78 is 0. The van der Waals surface area contributed by atoms with E-state index in [2.05, 4.69) is 46.7 Å². The van der Waals surface area contributed by atoms with Crippen LogP contribution in [0.4, 0.5) is 10.5 Å². The van der Waals surface area contributed by atoms with E-state index in [0.29, 0.717) is 31.2 Å². The molecule has 2 heterocycles. The topological polar surface area (TPSA) is 64.7 Å². The van der Waals surface area contributed by atoms with Crippen molar-refractivity contribution in [1.29, 1.82) is 0 Å². The maximum absolute atomic E-state index is 12.6. The van der Waals surface area contributed by atoms with Crippen LogP contribution in [0.5, 0.6) is 0 Å². The number of carbonyl (C=O) groups excluding carboxylic acids is 2. The lowest BCUT2D eigenvalue weighted by Crippen LogP contribution is -2.50. The molecule has 1 fully saturated rings. The van der Waals surface area contributed by atoms with Crippen LogP contribution in [0.1, 0.15) is 35.7 Å². The van der Waals surface area contributed by atoms with Crippen molar-refractivity contribution in [2.24, 2.45) is 0 Å². The first-order valence-electron chi connectivity index (χ1n) is 10.8. The molecule has 30 heavy (non-hydrogen) atoms. The molecule has 2 aromatic rings. The highest BCUT2D eigenvalue weighted by atomic mass is 16.2. The average Bonchev–Trinajstić information content (AvgIpc) is 3.10. The lowest BCUT2D eigenvalue weighted by atomic mass is 10.0. The van der Waals surface area contributed by atoms with Crippen LogP contribution in [0.3, 0.4) is 0 Å². The molecule has 3 amide bonds. The number of hydrogen-bond acceptors (Lipinski definition) is 3. The summed E-state index contributed by atoms with van der Waals surface area (Å²) >= 11 is 0. The highest BCUT2D eigenvalue weighted by Crippen LogP contribution is 2.31. The Morgan fingerprint density at radius 2 is 1.70 bits per heavy atom. The third-order valence-corrected chi connectivity index (χ3v) is 6.13. The standard InChI is InChI=1S/C24H30N4O2/c1-18-17-20-9-5-6-10-22(20)28(18)16-13-25-24(30)27-14-11-21(12-15-27)26-23(29)19-7-3-2-4-8-19/h2-10,18,21H,11-17H2,1H3,(H,25,30)(H,26,29).